The Morgan fingerprint density at radius 1 is 1.32 bits per heavy atom. The van der Waals surface area contributed by atoms with Crippen LogP contribution in [0.2, 0.25) is 5.02 Å². The standard InChI is InChI=1S/C14H17ClN2O2/c15-11-3-1-4-12(9-11)17-13(18)19-10-14(17)5-2-7-16-8-6-14/h1,3-4,9,16H,2,5-8,10H2. The van der Waals surface area contributed by atoms with Gasteiger partial charge < -0.3 is 10.1 Å². The molecule has 3 rings (SSSR count). The Balaban J connectivity index is 1.98. The molecule has 0 aromatic heterocycles. The number of carbonyl (C=O) groups excluding carboxylic acids is 1. The Labute approximate surface area is 117 Å². The van der Waals surface area contributed by atoms with Gasteiger partial charge in [0, 0.05) is 10.7 Å². The van der Waals surface area contributed by atoms with Gasteiger partial charge in [0.05, 0.1) is 5.54 Å². The zero-order chi connectivity index (χ0) is 13.3. The van der Waals surface area contributed by atoms with Crippen LogP contribution in [0.1, 0.15) is 19.3 Å². The summed E-state index contributed by atoms with van der Waals surface area (Å²) >= 11 is 6.04. The molecule has 1 spiro atoms. The van der Waals surface area contributed by atoms with E-state index in [1.165, 1.54) is 0 Å². The van der Waals surface area contributed by atoms with Crippen LogP contribution in [0.25, 0.3) is 0 Å². The third kappa shape index (κ3) is 2.30. The lowest BCUT2D eigenvalue weighted by Crippen LogP contribution is -2.48. The second-order valence-corrected chi connectivity index (χ2v) is 5.63. The Kier molecular flexibility index (Phi) is 3.37. The molecular formula is C14H17ClN2O2. The number of nitrogens with one attached hydrogen (secondary N) is 1. The number of hydrogen-bond acceptors (Lipinski definition) is 3. The molecule has 1 amide bonds. The Morgan fingerprint density at radius 2 is 2.21 bits per heavy atom. The number of amides is 1. The molecule has 1 unspecified atom stereocenters. The van der Waals surface area contributed by atoms with Gasteiger partial charge in [-0.2, -0.15) is 0 Å². The van der Waals surface area contributed by atoms with Crippen molar-refractivity contribution in [3.05, 3.63) is 29.3 Å². The van der Waals surface area contributed by atoms with E-state index in [0.717, 1.165) is 38.0 Å². The summed E-state index contributed by atoms with van der Waals surface area (Å²) in [5.74, 6) is 0. The molecule has 19 heavy (non-hydrogen) atoms. The average molecular weight is 281 g/mol. The molecule has 1 atom stereocenters. The molecule has 1 aromatic carbocycles. The Bertz CT molecular complexity index is 484. The zero-order valence-electron chi connectivity index (χ0n) is 10.7. The normalized spacial score (nSPS) is 27.4. The van der Waals surface area contributed by atoms with Crippen LogP contribution in [0.3, 0.4) is 0 Å². The first-order valence-corrected chi connectivity index (χ1v) is 7.02. The molecule has 2 fully saturated rings. The minimum absolute atomic E-state index is 0.217. The van der Waals surface area contributed by atoms with E-state index in [2.05, 4.69) is 5.32 Å². The summed E-state index contributed by atoms with van der Waals surface area (Å²) in [5.41, 5.74) is 0.613. The van der Waals surface area contributed by atoms with Crippen LogP contribution in [-0.2, 0) is 4.74 Å². The van der Waals surface area contributed by atoms with Crippen molar-refractivity contribution >= 4 is 23.4 Å². The molecule has 0 bridgehead atoms. The van der Waals surface area contributed by atoms with E-state index in [0.29, 0.717) is 11.6 Å². The molecular weight excluding hydrogens is 264 g/mol. The first-order valence-electron chi connectivity index (χ1n) is 6.65. The van der Waals surface area contributed by atoms with Crippen LogP contribution in [0.15, 0.2) is 24.3 Å². The van der Waals surface area contributed by atoms with E-state index < -0.39 is 0 Å². The lowest BCUT2D eigenvalue weighted by atomic mass is 9.90. The van der Waals surface area contributed by atoms with Crippen LogP contribution >= 0.6 is 11.6 Å². The van der Waals surface area contributed by atoms with E-state index in [4.69, 9.17) is 16.3 Å². The lowest BCUT2D eigenvalue weighted by molar-refractivity contribution is 0.170. The van der Waals surface area contributed by atoms with Crippen molar-refractivity contribution in [2.45, 2.75) is 24.8 Å². The van der Waals surface area contributed by atoms with Gasteiger partial charge in [-0.3, -0.25) is 4.90 Å². The average Bonchev–Trinajstić information content (AvgIpc) is 2.58. The number of carbonyl (C=O) groups is 1. The molecule has 0 aliphatic carbocycles. The van der Waals surface area contributed by atoms with E-state index in [1.807, 2.05) is 24.3 Å². The molecule has 1 N–H and O–H groups in total. The molecule has 4 nitrogen and oxygen atoms in total. The van der Waals surface area contributed by atoms with Gasteiger partial charge in [0.2, 0.25) is 0 Å². The monoisotopic (exact) mass is 280 g/mol. The molecule has 2 heterocycles. The second-order valence-electron chi connectivity index (χ2n) is 5.20. The summed E-state index contributed by atoms with van der Waals surface area (Å²) in [4.78, 5) is 13.9. The zero-order valence-corrected chi connectivity index (χ0v) is 11.4. The largest absolute Gasteiger partial charge is 0.447 e. The predicted octanol–water partition coefficient (Wildman–Crippen LogP) is 2.81. The summed E-state index contributed by atoms with van der Waals surface area (Å²) < 4.78 is 5.32. The van der Waals surface area contributed by atoms with Crippen LogP contribution in [0.5, 0.6) is 0 Å². The highest BCUT2D eigenvalue weighted by Crippen LogP contribution is 2.38. The number of ether oxygens (including phenoxy) is 1. The van der Waals surface area contributed by atoms with Crippen molar-refractivity contribution in [2.24, 2.45) is 0 Å². The maximum atomic E-state index is 12.1. The van der Waals surface area contributed by atoms with Gasteiger partial charge in [0.25, 0.3) is 0 Å². The highest BCUT2D eigenvalue weighted by molar-refractivity contribution is 6.30. The minimum atomic E-state index is -0.260. The first kappa shape index (κ1) is 12.8. The number of halogens is 1. The lowest BCUT2D eigenvalue weighted by Gasteiger charge is -2.34. The molecule has 102 valence electrons. The van der Waals surface area contributed by atoms with Crippen molar-refractivity contribution < 1.29 is 9.53 Å². The smallest absolute Gasteiger partial charge is 0.415 e. The Hall–Kier alpha value is -1.26. The minimum Gasteiger partial charge on any atom is -0.447 e. The molecule has 0 saturated carbocycles. The quantitative estimate of drug-likeness (QED) is 0.860. The fraction of sp³-hybridized carbons (Fsp3) is 0.500. The maximum Gasteiger partial charge on any atom is 0.415 e. The van der Waals surface area contributed by atoms with E-state index in [1.54, 1.807) is 4.90 Å². The fourth-order valence-corrected chi connectivity index (χ4v) is 3.18. The van der Waals surface area contributed by atoms with E-state index in [-0.39, 0.29) is 11.6 Å². The first-order chi connectivity index (χ1) is 9.21. The van der Waals surface area contributed by atoms with Gasteiger partial charge in [-0.15, -0.1) is 0 Å². The summed E-state index contributed by atoms with van der Waals surface area (Å²) in [6, 6.07) is 7.42. The number of anilines is 1. The van der Waals surface area contributed by atoms with Crippen LogP contribution in [0, 0.1) is 0 Å². The molecule has 2 aliphatic heterocycles. The van der Waals surface area contributed by atoms with Crippen molar-refractivity contribution in [3.63, 3.8) is 0 Å². The predicted molar refractivity (Wildman–Crippen MR) is 74.7 cm³/mol. The summed E-state index contributed by atoms with van der Waals surface area (Å²) in [6.07, 6.45) is 2.65. The van der Waals surface area contributed by atoms with Crippen molar-refractivity contribution in [3.8, 4) is 0 Å². The van der Waals surface area contributed by atoms with Gasteiger partial charge in [0.15, 0.2) is 0 Å². The van der Waals surface area contributed by atoms with Crippen LogP contribution in [0.4, 0.5) is 10.5 Å². The highest BCUT2D eigenvalue weighted by Gasteiger charge is 2.48. The number of benzene rings is 1. The fourth-order valence-electron chi connectivity index (χ4n) is 2.99. The number of cyclic esters (lactones) is 1. The SMILES string of the molecule is O=C1OCC2(CCCNCC2)N1c1cccc(Cl)c1. The Morgan fingerprint density at radius 3 is 3.05 bits per heavy atom. The van der Waals surface area contributed by atoms with Crippen LogP contribution in [-0.4, -0.2) is 31.3 Å². The number of hydrogen-bond donors (Lipinski definition) is 1. The van der Waals surface area contributed by atoms with Crippen molar-refractivity contribution in [1.29, 1.82) is 0 Å². The summed E-state index contributed by atoms with van der Waals surface area (Å²) in [5, 5.41) is 4.02. The van der Waals surface area contributed by atoms with Crippen LogP contribution < -0.4 is 10.2 Å². The second kappa shape index (κ2) is 5.02. The number of rotatable bonds is 1. The van der Waals surface area contributed by atoms with E-state index in [9.17, 15) is 4.79 Å². The third-order valence-electron chi connectivity index (χ3n) is 3.95. The maximum absolute atomic E-state index is 12.1. The van der Waals surface area contributed by atoms with Gasteiger partial charge in [-0.1, -0.05) is 17.7 Å². The summed E-state index contributed by atoms with van der Waals surface area (Å²) in [6.45, 7) is 2.38. The molecule has 1 aromatic rings. The molecule has 0 radical (unpaired) electrons. The van der Waals surface area contributed by atoms with Crippen molar-refractivity contribution in [1.82, 2.24) is 5.32 Å². The van der Waals surface area contributed by atoms with Gasteiger partial charge >= 0.3 is 6.09 Å². The van der Waals surface area contributed by atoms with Crippen molar-refractivity contribution in [2.75, 3.05) is 24.6 Å². The van der Waals surface area contributed by atoms with Gasteiger partial charge in [0.1, 0.15) is 6.61 Å². The molecule has 5 heteroatoms. The highest BCUT2D eigenvalue weighted by atomic mass is 35.5. The van der Waals surface area contributed by atoms with Gasteiger partial charge in [-0.25, -0.2) is 4.79 Å². The van der Waals surface area contributed by atoms with E-state index >= 15 is 0 Å². The summed E-state index contributed by atoms with van der Waals surface area (Å²) in [7, 11) is 0. The van der Waals surface area contributed by atoms with Gasteiger partial charge in [-0.05, 0) is 50.6 Å². The third-order valence-corrected chi connectivity index (χ3v) is 4.19. The number of nitrogens with zero attached hydrogens (tertiary/aromatic N) is 1. The topological polar surface area (TPSA) is 41.6 Å². The molecule has 2 aliphatic rings. The molecule has 2 saturated heterocycles.